The number of likely N-dealkylation sites (tertiary alicyclic amines) is 1. The quantitative estimate of drug-likeness (QED) is 0.306. The van der Waals surface area contributed by atoms with E-state index in [2.05, 4.69) is 46.9 Å². The lowest BCUT2D eigenvalue weighted by molar-refractivity contribution is -0.131. The van der Waals surface area contributed by atoms with Crippen LogP contribution < -0.4 is 14.5 Å². The maximum atomic E-state index is 14.2. The van der Waals surface area contributed by atoms with Crippen LogP contribution in [0.25, 0.3) is 0 Å². The molecule has 2 heterocycles. The first-order chi connectivity index (χ1) is 19.3. The summed E-state index contributed by atoms with van der Waals surface area (Å²) in [5, 5.41) is 3.57. The average molecular weight is 602 g/mol. The molecule has 0 aliphatic carbocycles. The Balaban J connectivity index is 1.91. The second-order valence-electron chi connectivity index (χ2n) is 12.2. The number of methoxy groups -OCH3 is 1. The Kier molecular flexibility index (Phi) is 9.02. The molecule has 0 radical (unpaired) electrons. The first-order valence-electron chi connectivity index (χ1n) is 14.4. The highest BCUT2D eigenvalue weighted by molar-refractivity contribution is 6.78. The number of anilines is 1. The molecule has 2 aliphatic rings. The van der Waals surface area contributed by atoms with E-state index < -0.39 is 26.2 Å². The van der Waals surface area contributed by atoms with Gasteiger partial charge in [0.25, 0.3) is 14.2 Å². The maximum Gasteiger partial charge on any atom is 0.410 e. The first kappa shape index (κ1) is 31.2. The van der Waals surface area contributed by atoms with Gasteiger partial charge in [-0.15, -0.1) is 0 Å². The fraction of sp³-hybridized carbons (Fsp3) is 0.548. The molecule has 2 aromatic carbocycles. The fourth-order valence-electron chi connectivity index (χ4n) is 7.02. The monoisotopic (exact) mass is 601 g/mol. The standard InChI is InChI=1S/C31H44ClN3O5Si/c1-19(2)41(20(3)4,21(5)6)40-23-13-14-24(27(18-23)38-9)31(25-17-22(32)12-15-26(25)33-29(31)36)35-16-10-11-28(35)39-30(37)34(7)8/h12-15,17-21,28H,10-11,16H2,1-9H3,(H,33,36)/t28-,31?/m0/s1. The van der Waals surface area contributed by atoms with Gasteiger partial charge in [0.1, 0.15) is 11.5 Å². The number of amides is 2. The third-order valence-corrected chi connectivity index (χ3v) is 15.0. The van der Waals surface area contributed by atoms with E-state index in [4.69, 9.17) is 25.5 Å². The fourth-order valence-corrected chi connectivity index (χ4v) is 12.4. The normalized spacial score (nSPS) is 20.9. The van der Waals surface area contributed by atoms with Crippen LogP contribution >= 0.6 is 11.6 Å². The van der Waals surface area contributed by atoms with Crippen molar-refractivity contribution in [2.45, 2.75) is 82.8 Å². The summed E-state index contributed by atoms with van der Waals surface area (Å²) in [6, 6.07) is 11.2. The van der Waals surface area contributed by atoms with Crippen molar-refractivity contribution in [3.05, 3.63) is 52.5 Å². The summed E-state index contributed by atoms with van der Waals surface area (Å²) >= 11 is 6.52. The van der Waals surface area contributed by atoms with Crippen LogP contribution in [0.1, 0.15) is 65.5 Å². The Morgan fingerprint density at radius 1 is 1.05 bits per heavy atom. The third-order valence-electron chi connectivity index (χ3n) is 8.74. The van der Waals surface area contributed by atoms with Crippen molar-refractivity contribution >= 4 is 37.6 Å². The zero-order valence-electron chi connectivity index (χ0n) is 25.7. The summed E-state index contributed by atoms with van der Waals surface area (Å²) in [6.45, 7) is 14.0. The smallest absolute Gasteiger partial charge is 0.410 e. The largest absolute Gasteiger partial charge is 0.543 e. The Labute approximate surface area is 250 Å². The summed E-state index contributed by atoms with van der Waals surface area (Å²) in [7, 11) is 2.65. The number of hydrogen-bond acceptors (Lipinski definition) is 6. The molecular formula is C31H44ClN3O5Si. The molecule has 0 aromatic heterocycles. The van der Waals surface area contributed by atoms with Crippen LogP contribution in [0, 0.1) is 0 Å². The minimum atomic E-state index is -2.24. The first-order valence-corrected chi connectivity index (χ1v) is 17.0. The molecule has 2 aromatic rings. The van der Waals surface area contributed by atoms with E-state index >= 15 is 0 Å². The Hall–Kier alpha value is -2.75. The number of carbonyl (C=O) groups excluding carboxylic acids is 2. The van der Waals surface area contributed by atoms with Gasteiger partial charge >= 0.3 is 6.09 Å². The second kappa shape index (κ2) is 11.9. The van der Waals surface area contributed by atoms with Crippen molar-refractivity contribution in [3.8, 4) is 11.5 Å². The molecule has 4 rings (SSSR count). The minimum Gasteiger partial charge on any atom is -0.543 e. The molecule has 0 saturated carbocycles. The van der Waals surface area contributed by atoms with Gasteiger partial charge in [0.2, 0.25) is 0 Å². The van der Waals surface area contributed by atoms with E-state index in [0.717, 1.165) is 12.2 Å². The average Bonchev–Trinajstić information content (AvgIpc) is 3.47. The van der Waals surface area contributed by atoms with Gasteiger partial charge < -0.3 is 24.1 Å². The Morgan fingerprint density at radius 2 is 1.71 bits per heavy atom. The lowest BCUT2D eigenvalue weighted by atomic mass is 9.81. The van der Waals surface area contributed by atoms with Gasteiger partial charge in [-0.05, 0) is 59.8 Å². The molecule has 8 nitrogen and oxygen atoms in total. The Morgan fingerprint density at radius 3 is 2.29 bits per heavy atom. The van der Waals surface area contributed by atoms with Crippen molar-refractivity contribution in [1.29, 1.82) is 0 Å². The van der Waals surface area contributed by atoms with Gasteiger partial charge in [-0.1, -0.05) is 53.1 Å². The molecule has 41 heavy (non-hydrogen) atoms. The van der Waals surface area contributed by atoms with Gasteiger partial charge in [0.05, 0.1) is 7.11 Å². The molecule has 1 fully saturated rings. The van der Waals surface area contributed by atoms with Gasteiger partial charge in [0, 0.05) is 48.5 Å². The van der Waals surface area contributed by atoms with Crippen LogP contribution in [0.15, 0.2) is 36.4 Å². The molecule has 0 bridgehead atoms. The van der Waals surface area contributed by atoms with Gasteiger partial charge in [-0.25, -0.2) is 9.69 Å². The molecule has 2 amide bonds. The zero-order chi connectivity index (χ0) is 30.3. The summed E-state index contributed by atoms with van der Waals surface area (Å²) in [4.78, 5) is 30.3. The van der Waals surface area contributed by atoms with E-state index in [1.807, 2.05) is 35.2 Å². The van der Waals surface area contributed by atoms with E-state index in [1.165, 1.54) is 4.90 Å². The number of rotatable bonds is 9. The number of fused-ring (bicyclic) bond motifs is 1. The molecular weight excluding hydrogens is 558 g/mol. The van der Waals surface area contributed by atoms with E-state index in [1.54, 1.807) is 27.3 Å². The van der Waals surface area contributed by atoms with Crippen LogP contribution in [-0.2, 0) is 15.1 Å². The van der Waals surface area contributed by atoms with Crippen LogP contribution in [-0.4, -0.2) is 64.1 Å². The summed E-state index contributed by atoms with van der Waals surface area (Å²) in [5.41, 5.74) is 1.86. The number of carbonyl (C=O) groups is 2. The molecule has 2 aliphatic heterocycles. The van der Waals surface area contributed by atoms with E-state index in [9.17, 15) is 9.59 Å². The molecule has 2 atom stereocenters. The summed E-state index contributed by atoms with van der Waals surface area (Å²) in [5.74, 6) is 1.00. The predicted molar refractivity (Wildman–Crippen MR) is 165 cm³/mol. The number of nitrogens with one attached hydrogen (secondary N) is 1. The highest BCUT2D eigenvalue weighted by Crippen LogP contribution is 2.52. The van der Waals surface area contributed by atoms with Crippen molar-refractivity contribution in [1.82, 2.24) is 9.80 Å². The number of benzene rings is 2. The Bertz CT molecular complexity index is 1280. The summed E-state index contributed by atoms with van der Waals surface area (Å²) in [6.07, 6.45) is 0.267. The van der Waals surface area contributed by atoms with Crippen molar-refractivity contribution in [2.24, 2.45) is 0 Å². The maximum absolute atomic E-state index is 14.2. The lowest BCUT2D eigenvalue weighted by Gasteiger charge is -2.43. The van der Waals surface area contributed by atoms with Gasteiger partial charge in [-0.2, -0.15) is 0 Å². The second-order valence-corrected chi connectivity index (χ2v) is 18.0. The van der Waals surface area contributed by atoms with Crippen LogP contribution in [0.2, 0.25) is 21.6 Å². The van der Waals surface area contributed by atoms with Crippen molar-refractivity contribution in [3.63, 3.8) is 0 Å². The molecule has 0 spiro atoms. The van der Waals surface area contributed by atoms with E-state index in [-0.39, 0.29) is 5.91 Å². The molecule has 1 N–H and O–H groups in total. The molecule has 1 saturated heterocycles. The van der Waals surface area contributed by atoms with Gasteiger partial charge in [0.15, 0.2) is 11.8 Å². The van der Waals surface area contributed by atoms with Gasteiger partial charge in [-0.3, -0.25) is 4.79 Å². The van der Waals surface area contributed by atoms with E-state index in [0.29, 0.717) is 57.2 Å². The molecule has 1 unspecified atom stereocenters. The van der Waals surface area contributed by atoms with Crippen molar-refractivity contribution < 1.29 is 23.5 Å². The summed E-state index contributed by atoms with van der Waals surface area (Å²) < 4.78 is 18.9. The molecule has 10 heteroatoms. The molecule has 224 valence electrons. The zero-order valence-corrected chi connectivity index (χ0v) is 27.5. The highest BCUT2D eigenvalue weighted by Gasteiger charge is 2.58. The third kappa shape index (κ3) is 5.21. The van der Waals surface area contributed by atoms with Crippen LogP contribution in [0.4, 0.5) is 10.5 Å². The number of halogens is 1. The number of hydrogen-bond donors (Lipinski definition) is 1. The van der Waals surface area contributed by atoms with Crippen molar-refractivity contribution in [2.75, 3.05) is 33.1 Å². The topological polar surface area (TPSA) is 80.3 Å². The lowest BCUT2D eigenvalue weighted by Crippen LogP contribution is -2.55. The highest BCUT2D eigenvalue weighted by atomic mass is 35.5. The minimum absolute atomic E-state index is 0.246. The number of nitrogens with zero attached hydrogens (tertiary/aromatic N) is 2. The SMILES string of the molecule is COc1cc(O[Si](C(C)C)(C(C)C)C(C)C)ccc1C1(N2CCC[C@@H]2OC(=O)N(C)C)C(=O)Nc2ccc(Cl)cc21. The van der Waals surface area contributed by atoms with Crippen LogP contribution in [0.5, 0.6) is 11.5 Å². The number of ether oxygens (including phenoxy) is 2. The predicted octanol–water partition coefficient (Wildman–Crippen LogP) is 7.22. The van der Waals surface area contributed by atoms with Crippen LogP contribution in [0.3, 0.4) is 0 Å².